The maximum absolute atomic E-state index is 12.1. The molecule has 0 saturated carbocycles. The minimum Gasteiger partial charge on any atom is -0.345 e. The van der Waals surface area contributed by atoms with Crippen LogP contribution >= 0.6 is 0 Å². The third-order valence-corrected chi connectivity index (χ3v) is 3.56. The van der Waals surface area contributed by atoms with Gasteiger partial charge < -0.3 is 10.2 Å². The number of nitrogens with zero attached hydrogens (tertiary/aromatic N) is 1. The molecular formula is C19H22N2O2. The summed E-state index contributed by atoms with van der Waals surface area (Å²) in [5.41, 5.74) is 3.56. The molecule has 0 fully saturated rings. The third kappa shape index (κ3) is 4.95. The van der Waals surface area contributed by atoms with Crippen LogP contribution < -0.4 is 5.32 Å². The Morgan fingerprint density at radius 2 is 1.74 bits per heavy atom. The van der Waals surface area contributed by atoms with Crippen molar-refractivity contribution in [3.8, 4) is 0 Å². The van der Waals surface area contributed by atoms with Crippen LogP contribution in [0.4, 0.5) is 5.69 Å². The lowest BCUT2D eigenvalue weighted by atomic mass is 10.1. The van der Waals surface area contributed by atoms with Gasteiger partial charge in [0.2, 0.25) is 5.91 Å². The van der Waals surface area contributed by atoms with E-state index in [0.717, 1.165) is 5.56 Å². The molecule has 4 nitrogen and oxygen atoms in total. The summed E-state index contributed by atoms with van der Waals surface area (Å²) >= 11 is 0. The van der Waals surface area contributed by atoms with Crippen molar-refractivity contribution in [1.82, 2.24) is 4.90 Å². The van der Waals surface area contributed by atoms with Crippen molar-refractivity contribution in [2.24, 2.45) is 0 Å². The van der Waals surface area contributed by atoms with Crippen LogP contribution in [0.5, 0.6) is 0 Å². The molecule has 0 radical (unpaired) electrons. The molecule has 4 heteroatoms. The summed E-state index contributed by atoms with van der Waals surface area (Å²) in [6.45, 7) is 2.04. The lowest BCUT2D eigenvalue weighted by molar-refractivity contribution is -0.116. The number of hydrogen-bond acceptors (Lipinski definition) is 2. The van der Waals surface area contributed by atoms with Gasteiger partial charge in [-0.1, -0.05) is 35.9 Å². The molecule has 0 aliphatic rings. The van der Waals surface area contributed by atoms with E-state index in [1.165, 1.54) is 10.5 Å². The highest BCUT2D eigenvalue weighted by molar-refractivity contribution is 5.97. The number of hydrogen-bond donors (Lipinski definition) is 1. The van der Waals surface area contributed by atoms with Gasteiger partial charge in [-0.05, 0) is 37.1 Å². The van der Waals surface area contributed by atoms with Crippen LogP contribution in [-0.4, -0.2) is 30.8 Å². The van der Waals surface area contributed by atoms with E-state index in [-0.39, 0.29) is 11.8 Å². The predicted octanol–water partition coefficient (Wildman–Crippen LogP) is 3.27. The van der Waals surface area contributed by atoms with Gasteiger partial charge >= 0.3 is 0 Å². The van der Waals surface area contributed by atoms with Crippen molar-refractivity contribution in [1.29, 1.82) is 0 Å². The van der Waals surface area contributed by atoms with Crippen LogP contribution in [-0.2, 0) is 11.2 Å². The summed E-state index contributed by atoms with van der Waals surface area (Å²) in [6.07, 6.45) is 1.11. The van der Waals surface area contributed by atoms with Crippen molar-refractivity contribution in [3.63, 3.8) is 0 Å². The van der Waals surface area contributed by atoms with Crippen LogP contribution in [0.15, 0.2) is 48.5 Å². The average molecular weight is 310 g/mol. The summed E-state index contributed by atoms with van der Waals surface area (Å²) < 4.78 is 0. The fourth-order valence-electron chi connectivity index (χ4n) is 2.22. The zero-order valence-electron chi connectivity index (χ0n) is 13.8. The zero-order chi connectivity index (χ0) is 16.8. The van der Waals surface area contributed by atoms with Crippen LogP contribution in [0.3, 0.4) is 0 Å². The third-order valence-electron chi connectivity index (χ3n) is 3.56. The van der Waals surface area contributed by atoms with Crippen LogP contribution in [0.1, 0.15) is 27.9 Å². The Balaban J connectivity index is 1.93. The Morgan fingerprint density at radius 3 is 2.39 bits per heavy atom. The highest BCUT2D eigenvalue weighted by Gasteiger charge is 2.09. The van der Waals surface area contributed by atoms with E-state index < -0.39 is 0 Å². The van der Waals surface area contributed by atoms with Gasteiger partial charge in [0, 0.05) is 31.8 Å². The Labute approximate surface area is 137 Å². The Morgan fingerprint density at radius 1 is 1.04 bits per heavy atom. The van der Waals surface area contributed by atoms with Crippen molar-refractivity contribution in [2.75, 3.05) is 19.4 Å². The first kappa shape index (κ1) is 16.7. The molecule has 0 aliphatic carbocycles. The molecule has 1 N–H and O–H groups in total. The molecule has 2 rings (SSSR count). The molecule has 23 heavy (non-hydrogen) atoms. The molecule has 0 bridgehead atoms. The van der Waals surface area contributed by atoms with E-state index in [4.69, 9.17) is 0 Å². The molecule has 2 aromatic carbocycles. The minimum atomic E-state index is -0.0826. The number of carbonyl (C=O) groups excluding carboxylic acids is 2. The normalized spacial score (nSPS) is 10.2. The molecule has 120 valence electrons. The van der Waals surface area contributed by atoms with Gasteiger partial charge in [-0.15, -0.1) is 0 Å². The standard InChI is InChI=1S/C19H22N2O2/c1-14-7-9-15(10-8-14)11-12-18(22)20-17-6-4-5-16(13-17)19(23)21(2)3/h4-10,13H,11-12H2,1-3H3,(H,20,22). The van der Waals surface area contributed by atoms with Crippen molar-refractivity contribution in [2.45, 2.75) is 19.8 Å². The highest BCUT2D eigenvalue weighted by atomic mass is 16.2. The molecule has 0 atom stereocenters. The summed E-state index contributed by atoms with van der Waals surface area (Å²) in [7, 11) is 3.41. The number of carbonyl (C=O) groups is 2. The molecule has 0 unspecified atom stereocenters. The number of aryl methyl sites for hydroxylation is 2. The van der Waals surface area contributed by atoms with E-state index >= 15 is 0 Å². The van der Waals surface area contributed by atoms with Gasteiger partial charge in [0.25, 0.3) is 5.91 Å². The minimum absolute atomic E-state index is 0.0555. The first-order valence-corrected chi connectivity index (χ1v) is 7.63. The molecule has 0 aromatic heterocycles. The van der Waals surface area contributed by atoms with E-state index in [0.29, 0.717) is 24.1 Å². The Hall–Kier alpha value is -2.62. The van der Waals surface area contributed by atoms with Crippen molar-refractivity contribution >= 4 is 17.5 Å². The van der Waals surface area contributed by atoms with E-state index in [1.807, 2.05) is 31.2 Å². The average Bonchev–Trinajstić information content (AvgIpc) is 2.53. The van der Waals surface area contributed by atoms with Gasteiger partial charge in [0.1, 0.15) is 0 Å². The second-order valence-electron chi connectivity index (χ2n) is 5.81. The quantitative estimate of drug-likeness (QED) is 0.921. The first-order valence-electron chi connectivity index (χ1n) is 7.63. The summed E-state index contributed by atoms with van der Waals surface area (Å²) in [4.78, 5) is 25.5. The zero-order valence-corrected chi connectivity index (χ0v) is 13.8. The lowest BCUT2D eigenvalue weighted by Crippen LogP contribution is -2.22. The molecular weight excluding hydrogens is 288 g/mol. The molecule has 0 aliphatic heterocycles. The van der Waals surface area contributed by atoms with E-state index in [9.17, 15) is 9.59 Å². The highest BCUT2D eigenvalue weighted by Crippen LogP contribution is 2.13. The largest absolute Gasteiger partial charge is 0.345 e. The fraction of sp³-hybridized carbons (Fsp3) is 0.263. The van der Waals surface area contributed by atoms with Gasteiger partial charge in [-0.3, -0.25) is 9.59 Å². The summed E-state index contributed by atoms with van der Waals surface area (Å²) in [6, 6.07) is 15.2. The number of anilines is 1. The lowest BCUT2D eigenvalue weighted by Gasteiger charge is -2.11. The monoisotopic (exact) mass is 310 g/mol. The van der Waals surface area contributed by atoms with Gasteiger partial charge in [-0.25, -0.2) is 0 Å². The van der Waals surface area contributed by atoms with Crippen molar-refractivity contribution in [3.05, 3.63) is 65.2 Å². The summed E-state index contributed by atoms with van der Waals surface area (Å²) in [5.74, 6) is -0.138. The van der Waals surface area contributed by atoms with E-state index in [1.54, 1.807) is 38.4 Å². The van der Waals surface area contributed by atoms with Gasteiger partial charge in [-0.2, -0.15) is 0 Å². The smallest absolute Gasteiger partial charge is 0.253 e. The molecule has 2 amide bonds. The fourth-order valence-corrected chi connectivity index (χ4v) is 2.22. The molecule has 2 aromatic rings. The number of amides is 2. The number of rotatable bonds is 5. The summed E-state index contributed by atoms with van der Waals surface area (Å²) in [5, 5.41) is 2.85. The molecule has 0 heterocycles. The molecule has 0 saturated heterocycles. The van der Waals surface area contributed by atoms with Gasteiger partial charge in [0.05, 0.1) is 0 Å². The van der Waals surface area contributed by atoms with Gasteiger partial charge in [0.15, 0.2) is 0 Å². The van der Waals surface area contributed by atoms with Crippen LogP contribution in [0.25, 0.3) is 0 Å². The topological polar surface area (TPSA) is 49.4 Å². The second-order valence-corrected chi connectivity index (χ2v) is 5.81. The Bertz CT molecular complexity index is 691. The van der Waals surface area contributed by atoms with E-state index in [2.05, 4.69) is 5.32 Å². The first-order chi connectivity index (χ1) is 11.0. The van der Waals surface area contributed by atoms with Crippen molar-refractivity contribution < 1.29 is 9.59 Å². The maximum atomic E-state index is 12.1. The second kappa shape index (κ2) is 7.58. The molecule has 0 spiro atoms. The van der Waals surface area contributed by atoms with Crippen LogP contribution in [0.2, 0.25) is 0 Å². The predicted molar refractivity (Wildman–Crippen MR) is 92.6 cm³/mol. The number of nitrogens with one attached hydrogen (secondary N) is 1. The Kier molecular flexibility index (Phi) is 5.52. The van der Waals surface area contributed by atoms with Crippen LogP contribution in [0, 0.1) is 6.92 Å². The number of benzene rings is 2. The SMILES string of the molecule is Cc1ccc(CCC(=O)Nc2cccc(C(=O)N(C)C)c2)cc1. The maximum Gasteiger partial charge on any atom is 0.253 e.